The van der Waals surface area contributed by atoms with Crippen molar-refractivity contribution in [3.8, 4) is 28.4 Å². The van der Waals surface area contributed by atoms with Gasteiger partial charge in [-0.2, -0.15) is 17.0 Å². The largest absolute Gasteiger partial charge is 0.495 e. The first-order valence-corrected chi connectivity index (χ1v) is 13.7. The number of hydrogen-bond acceptors (Lipinski definition) is 8. The maximum Gasteiger partial charge on any atom is 0.282 e. The van der Waals surface area contributed by atoms with Crippen LogP contribution in [0.2, 0.25) is 5.02 Å². The summed E-state index contributed by atoms with van der Waals surface area (Å²) in [6.45, 7) is 4.04. The molecule has 0 aliphatic carbocycles. The Morgan fingerprint density at radius 3 is 2.80 bits per heavy atom. The van der Waals surface area contributed by atoms with Gasteiger partial charge in [0, 0.05) is 56.1 Å². The van der Waals surface area contributed by atoms with Crippen LogP contribution < -0.4 is 10.1 Å². The molecule has 0 bridgehead atoms. The average Bonchev–Trinajstić information content (AvgIpc) is 3.52. The first-order valence-electron chi connectivity index (χ1n) is 11.0. The minimum absolute atomic E-state index is 0.337. The molecule has 10 nitrogen and oxygen atoms in total. The molecule has 0 amide bonds. The van der Waals surface area contributed by atoms with E-state index in [0.29, 0.717) is 55.1 Å². The van der Waals surface area contributed by atoms with Gasteiger partial charge in [0.2, 0.25) is 5.95 Å². The number of aromatic nitrogens is 4. The molecular formula is C22H24ClN7O3S2. The molecule has 1 aliphatic heterocycles. The number of likely N-dealkylation sites (N-methyl/N-ethyl adjacent to an activating group) is 1. The van der Waals surface area contributed by atoms with Gasteiger partial charge in [0.1, 0.15) is 11.4 Å². The summed E-state index contributed by atoms with van der Waals surface area (Å²) >= 11 is 7.76. The number of nitrogens with one attached hydrogen (secondary N) is 1. The van der Waals surface area contributed by atoms with Gasteiger partial charge in [-0.3, -0.25) is 4.40 Å². The topological polar surface area (TPSA) is 105 Å². The molecule has 13 heteroatoms. The minimum atomic E-state index is -3.38. The maximum atomic E-state index is 12.5. The van der Waals surface area contributed by atoms with E-state index in [2.05, 4.69) is 10.3 Å². The van der Waals surface area contributed by atoms with Crippen molar-refractivity contribution < 1.29 is 13.2 Å². The molecule has 1 fully saturated rings. The SMILES string of the molecule is CCN1CCN(CCNc2nccc(-c3c(-c4ccc(Cl)c(OC)c4)nc4sccn34)n2)S1(=O)=O. The second kappa shape index (κ2) is 9.70. The van der Waals surface area contributed by atoms with Gasteiger partial charge in [0.25, 0.3) is 10.2 Å². The minimum Gasteiger partial charge on any atom is -0.495 e. The van der Waals surface area contributed by atoms with E-state index in [1.165, 1.54) is 19.9 Å². The van der Waals surface area contributed by atoms with E-state index < -0.39 is 10.2 Å². The zero-order valence-corrected chi connectivity index (χ0v) is 21.6. The standard InChI is InChI=1S/C22H24ClN7O3S2/c1-3-28-10-11-29(35(28,31)32)9-8-25-21-24-7-6-17(26-21)20-19(27-22-30(20)12-13-34-22)15-4-5-16(23)18(14-15)33-2/h4-7,12-14H,3,8-11H2,1-2H3,(H,24,25,26). The molecule has 0 spiro atoms. The number of benzene rings is 1. The monoisotopic (exact) mass is 533 g/mol. The van der Waals surface area contributed by atoms with Gasteiger partial charge < -0.3 is 10.1 Å². The summed E-state index contributed by atoms with van der Waals surface area (Å²) in [5, 5.41) is 5.65. The van der Waals surface area contributed by atoms with Crippen LogP contribution in [0.1, 0.15) is 6.92 Å². The predicted octanol–water partition coefficient (Wildman–Crippen LogP) is 3.48. The molecule has 4 aromatic rings. The van der Waals surface area contributed by atoms with Crippen LogP contribution in [-0.4, -0.2) is 76.2 Å². The van der Waals surface area contributed by atoms with Crippen molar-refractivity contribution >= 4 is 44.1 Å². The van der Waals surface area contributed by atoms with Gasteiger partial charge in [-0.15, -0.1) is 11.3 Å². The van der Waals surface area contributed by atoms with E-state index >= 15 is 0 Å². The number of rotatable bonds is 8. The number of methoxy groups -OCH3 is 1. The van der Waals surface area contributed by atoms with Gasteiger partial charge in [-0.05, 0) is 18.2 Å². The van der Waals surface area contributed by atoms with E-state index in [9.17, 15) is 8.42 Å². The van der Waals surface area contributed by atoms with Crippen molar-refractivity contribution in [2.75, 3.05) is 45.2 Å². The second-order valence-corrected chi connectivity index (χ2v) is 11.0. The molecule has 1 aromatic carbocycles. The molecule has 35 heavy (non-hydrogen) atoms. The lowest BCUT2D eigenvalue weighted by Crippen LogP contribution is -2.35. The Kier molecular flexibility index (Phi) is 6.64. The average molecular weight is 534 g/mol. The highest BCUT2D eigenvalue weighted by Crippen LogP contribution is 2.36. The van der Waals surface area contributed by atoms with Crippen molar-refractivity contribution in [3.05, 3.63) is 47.1 Å². The highest BCUT2D eigenvalue weighted by atomic mass is 35.5. The highest BCUT2D eigenvalue weighted by Gasteiger charge is 2.34. The van der Waals surface area contributed by atoms with Crippen molar-refractivity contribution in [2.45, 2.75) is 6.92 Å². The van der Waals surface area contributed by atoms with Gasteiger partial charge >= 0.3 is 0 Å². The van der Waals surface area contributed by atoms with Crippen LogP contribution in [0, 0.1) is 0 Å². The molecular weight excluding hydrogens is 510 g/mol. The zero-order valence-electron chi connectivity index (χ0n) is 19.2. The van der Waals surface area contributed by atoms with E-state index in [0.717, 1.165) is 21.9 Å². The quantitative estimate of drug-likeness (QED) is 0.369. The Hall–Kier alpha value is -2.77. The highest BCUT2D eigenvalue weighted by molar-refractivity contribution is 7.87. The summed E-state index contributed by atoms with van der Waals surface area (Å²) in [6.07, 6.45) is 3.62. The molecule has 0 saturated carbocycles. The van der Waals surface area contributed by atoms with E-state index in [1.54, 1.807) is 19.4 Å². The number of ether oxygens (including phenoxy) is 1. The first-order chi connectivity index (χ1) is 16.9. The lowest BCUT2D eigenvalue weighted by atomic mass is 10.1. The normalized spacial score (nSPS) is 16.2. The molecule has 1 N–H and O–H groups in total. The van der Waals surface area contributed by atoms with Crippen molar-refractivity contribution in [2.24, 2.45) is 0 Å². The summed E-state index contributed by atoms with van der Waals surface area (Å²) < 4.78 is 35.3. The fraction of sp³-hybridized carbons (Fsp3) is 0.318. The second-order valence-electron chi connectivity index (χ2n) is 7.80. The zero-order chi connectivity index (χ0) is 24.6. The number of halogens is 1. The molecule has 0 radical (unpaired) electrons. The van der Waals surface area contributed by atoms with E-state index in [4.69, 9.17) is 26.3 Å². The third-order valence-corrected chi connectivity index (χ3v) is 9.01. The summed E-state index contributed by atoms with van der Waals surface area (Å²) in [6, 6.07) is 7.37. The fourth-order valence-corrected chi connectivity index (χ4v) is 6.58. The number of nitrogens with zero attached hydrogens (tertiary/aromatic N) is 6. The number of hydrogen-bond donors (Lipinski definition) is 1. The Bertz CT molecular complexity index is 1470. The molecule has 5 rings (SSSR count). The summed E-state index contributed by atoms with van der Waals surface area (Å²) in [5.74, 6) is 0.978. The Morgan fingerprint density at radius 1 is 1.20 bits per heavy atom. The first kappa shape index (κ1) is 23.9. The summed E-state index contributed by atoms with van der Waals surface area (Å²) in [7, 11) is -1.81. The van der Waals surface area contributed by atoms with Gasteiger partial charge in [-0.25, -0.2) is 15.0 Å². The predicted molar refractivity (Wildman–Crippen MR) is 137 cm³/mol. The van der Waals surface area contributed by atoms with Crippen LogP contribution in [0.4, 0.5) is 5.95 Å². The molecule has 0 atom stereocenters. The Balaban J connectivity index is 1.42. The summed E-state index contributed by atoms with van der Waals surface area (Å²) in [4.78, 5) is 14.7. The lowest BCUT2D eigenvalue weighted by Gasteiger charge is -2.17. The number of fused-ring (bicyclic) bond motifs is 1. The Labute approximate surface area is 212 Å². The van der Waals surface area contributed by atoms with Crippen LogP contribution in [0.15, 0.2) is 42.0 Å². The van der Waals surface area contributed by atoms with E-state index in [1.807, 2.05) is 41.1 Å². The number of imidazole rings is 1. The molecule has 184 valence electrons. The van der Waals surface area contributed by atoms with E-state index in [-0.39, 0.29) is 0 Å². The van der Waals surface area contributed by atoms with Gasteiger partial charge in [-0.1, -0.05) is 24.6 Å². The van der Waals surface area contributed by atoms with Crippen molar-refractivity contribution in [3.63, 3.8) is 0 Å². The number of thiazole rings is 1. The van der Waals surface area contributed by atoms with Gasteiger partial charge in [0.15, 0.2) is 4.96 Å². The lowest BCUT2D eigenvalue weighted by molar-refractivity contribution is 0.415. The van der Waals surface area contributed by atoms with Crippen LogP contribution in [0.5, 0.6) is 5.75 Å². The number of anilines is 1. The van der Waals surface area contributed by atoms with Gasteiger partial charge in [0.05, 0.1) is 23.5 Å². The molecule has 1 aliphatic rings. The van der Waals surface area contributed by atoms with Crippen LogP contribution >= 0.6 is 22.9 Å². The van der Waals surface area contributed by atoms with Crippen LogP contribution in [-0.2, 0) is 10.2 Å². The molecule has 4 heterocycles. The molecule has 1 saturated heterocycles. The summed E-state index contributed by atoms with van der Waals surface area (Å²) in [5.41, 5.74) is 3.10. The smallest absolute Gasteiger partial charge is 0.282 e. The van der Waals surface area contributed by atoms with Crippen molar-refractivity contribution in [1.29, 1.82) is 0 Å². The maximum absolute atomic E-state index is 12.5. The van der Waals surface area contributed by atoms with Crippen molar-refractivity contribution in [1.82, 2.24) is 28.0 Å². The molecule has 0 unspecified atom stereocenters. The Morgan fingerprint density at radius 2 is 2.03 bits per heavy atom. The fourth-order valence-electron chi connectivity index (χ4n) is 4.07. The van der Waals surface area contributed by atoms with Crippen LogP contribution in [0.25, 0.3) is 27.6 Å². The van der Waals surface area contributed by atoms with Crippen LogP contribution in [0.3, 0.4) is 0 Å². The third kappa shape index (κ3) is 4.47. The third-order valence-electron chi connectivity index (χ3n) is 5.83. The molecule has 3 aromatic heterocycles.